The molecule has 2 amide bonds. The molecule has 6 heteroatoms. The van der Waals surface area contributed by atoms with Gasteiger partial charge in [0, 0.05) is 19.5 Å². The Labute approximate surface area is 135 Å². The van der Waals surface area contributed by atoms with Crippen LogP contribution in [0.3, 0.4) is 0 Å². The molecule has 0 radical (unpaired) electrons. The fourth-order valence-electron chi connectivity index (χ4n) is 2.51. The van der Waals surface area contributed by atoms with Crippen molar-refractivity contribution in [3.63, 3.8) is 0 Å². The third-order valence-electron chi connectivity index (χ3n) is 3.87. The average molecular weight is 318 g/mol. The van der Waals surface area contributed by atoms with Gasteiger partial charge in [-0.3, -0.25) is 9.59 Å². The fraction of sp³-hybridized carbons (Fsp3) is 0.471. The number of rotatable bonds is 5. The molecule has 23 heavy (non-hydrogen) atoms. The van der Waals surface area contributed by atoms with Crippen LogP contribution in [-0.2, 0) is 20.9 Å². The molecule has 1 aliphatic rings. The van der Waals surface area contributed by atoms with Crippen molar-refractivity contribution in [1.82, 2.24) is 10.2 Å². The minimum atomic E-state index is -0.389. The highest BCUT2D eigenvalue weighted by Crippen LogP contribution is 2.10. The number of carbonyl (C=O) groups is 3. The second-order valence-electron chi connectivity index (χ2n) is 5.59. The van der Waals surface area contributed by atoms with Gasteiger partial charge in [-0.05, 0) is 30.5 Å². The summed E-state index contributed by atoms with van der Waals surface area (Å²) in [5.41, 5.74) is 1.35. The molecule has 1 heterocycles. The molecule has 0 saturated carbocycles. The molecule has 1 fully saturated rings. The van der Waals surface area contributed by atoms with E-state index < -0.39 is 0 Å². The van der Waals surface area contributed by atoms with Crippen molar-refractivity contribution < 1.29 is 19.1 Å². The molecular weight excluding hydrogens is 296 g/mol. The van der Waals surface area contributed by atoms with Crippen LogP contribution in [0.2, 0.25) is 0 Å². The number of ether oxygens (including phenoxy) is 1. The normalized spacial score (nSPS) is 15.0. The number of benzene rings is 1. The summed E-state index contributed by atoms with van der Waals surface area (Å²) in [5, 5.41) is 2.80. The summed E-state index contributed by atoms with van der Waals surface area (Å²) < 4.78 is 4.63. The van der Waals surface area contributed by atoms with Gasteiger partial charge in [0.15, 0.2) is 0 Å². The van der Waals surface area contributed by atoms with E-state index in [9.17, 15) is 14.4 Å². The van der Waals surface area contributed by atoms with Gasteiger partial charge in [-0.1, -0.05) is 18.6 Å². The van der Waals surface area contributed by atoms with Crippen LogP contribution < -0.4 is 5.32 Å². The van der Waals surface area contributed by atoms with Gasteiger partial charge < -0.3 is 15.0 Å². The Bertz CT molecular complexity index is 568. The monoisotopic (exact) mass is 318 g/mol. The molecule has 1 aromatic carbocycles. The van der Waals surface area contributed by atoms with Gasteiger partial charge in [-0.2, -0.15) is 0 Å². The molecule has 1 aliphatic heterocycles. The molecule has 0 atom stereocenters. The van der Waals surface area contributed by atoms with Crippen LogP contribution in [0.25, 0.3) is 0 Å². The van der Waals surface area contributed by atoms with Gasteiger partial charge in [0.05, 0.1) is 19.2 Å². The van der Waals surface area contributed by atoms with Crippen LogP contribution in [0, 0.1) is 0 Å². The molecule has 0 bridgehead atoms. The van der Waals surface area contributed by atoms with Crippen LogP contribution in [0.5, 0.6) is 0 Å². The highest BCUT2D eigenvalue weighted by Gasteiger charge is 2.18. The lowest BCUT2D eigenvalue weighted by atomic mass is 10.1. The summed E-state index contributed by atoms with van der Waals surface area (Å²) in [7, 11) is 1.33. The molecule has 0 spiro atoms. The van der Waals surface area contributed by atoms with Gasteiger partial charge in [-0.25, -0.2) is 4.79 Å². The lowest BCUT2D eigenvalue weighted by molar-refractivity contribution is -0.135. The third-order valence-corrected chi connectivity index (χ3v) is 3.87. The van der Waals surface area contributed by atoms with E-state index in [0.29, 0.717) is 25.1 Å². The van der Waals surface area contributed by atoms with Gasteiger partial charge in [0.1, 0.15) is 0 Å². The van der Waals surface area contributed by atoms with Crippen LogP contribution in [0.15, 0.2) is 24.3 Å². The maximum Gasteiger partial charge on any atom is 0.337 e. The molecule has 0 aromatic heterocycles. The molecule has 1 N–H and O–H groups in total. The van der Waals surface area contributed by atoms with E-state index in [4.69, 9.17) is 0 Å². The third kappa shape index (κ3) is 5.09. The second-order valence-corrected chi connectivity index (χ2v) is 5.59. The van der Waals surface area contributed by atoms with Crippen molar-refractivity contribution in [3.8, 4) is 0 Å². The second kappa shape index (κ2) is 8.31. The summed E-state index contributed by atoms with van der Waals surface area (Å²) >= 11 is 0. The van der Waals surface area contributed by atoms with E-state index >= 15 is 0 Å². The number of amides is 2. The Hall–Kier alpha value is -2.37. The van der Waals surface area contributed by atoms with Crippen molar-refractivity contribution in [1.29, 1.82) is 0 Å². The minimum absolute atomic E-state index is 0.0556. The molecule has 6 nitrogen and oxygen atoms in total. The molecule has 0 aliphatic carbocycles. The lowest BCUT2D eigenvalue weighted by Gasteiger charge is -2.19. The largest absolute Gasteiger partial charge is 0.465 e. The number of esters is 1. The van der Waals surface area contributed by atoms with Crippen LogP contribution >= 0.6 is 0 Å². The predicted molar refractivity (Wildman–Crippen MR) is 84.7 cm³/mol. The van der Waals surface area contributed by atoms with Crippen LogP contribution in [0.1, 0.15) is 41.6 Å². The fourth-order valence-corrected chi connectivity index (χ4v) is 2.51. The Morgan fingerprint density at radius 1 is 1.17 bits per heavy atom. The average Bonchev–Trinajstić information content (AvgIpc) is 2.77. The first kappa shape index (κ1) is 17.0. The van der Waals surface area contributed by atoms with Crippen molar-refractivity contribution in [2.24, 2.45) is 0 Å². The Kier molecular flexibility index (Phi) is 6.14. The molecule has 124 valence electrons. The molecule has 1 saturated heterocycles. The number of likely N-dealkylation sites (tertiary alicyclic amines) is 1. The summed E-state index contributed by atoms with van der Waals surface area (Å²) in [6, 6.07) is 6.85. The first-order valence-electron chi connectivity index (χ1n) is 7.82. The topological polar surface area (TPSA) is 75.7 Å². The predicted octanol–water partition coefficient (Wildman–Crippen LogP) is 1.49. The van der Waals surface area contributed by atoms with E-state index in [2.05, 4.69) is 10.1 Å². The van der Waals surface area contributed by atoms with Crippen molar-refractivity contribution in [3.05, 3.63) is 35.4 Å². The zero-order chi connectivity index (χ0) is 16.7. The van der Waals surface area contributed by atoms with Crippen molar-refractivity contribution in [2.45, 2.75) is 32.2 Å². The highest BCUT2D eigenvalue weighted by molar-refractivity contribution is 5.89. The molecular formula is C17H22N2O4. The smallest absolute Gasteiger partial charge is 0.337 e. The van der Waals surface area contributed by atoms with E-state index in [1.807, 2.05) is 0 Å². The first-order valence-corrected chi connectivity index (χ1v) is 7.82. The number of hydrogen-bond acceptors (Lipinski definition) is 4. The number of carbonyl (C=O) groups excluding carboxylic acids is 3. The number of hydrogen-bond donors (Lipinski definition) is 1. The molecule has 0 unspecified atom stereocenters. The maximum atomic E-state index is 12.0. The van der Waals surface area contributed by atoms with E-state index in [-0.39, 0.29) is 24.3 Å². The van der Waals surface area contributed by atoms with Crippen LogP contribution in [0.4, 0.5) is 0 Å². The Morgan fingerprint density at radius 3 is 2.61 bits per heavy atom. The number of nitrogens with one attached hydrogen (secondary N) is 1. The van der Waals surface area contributed by atoms with E-state index in [1.54, 1.807) is 29.2 Å². The van der Waals surface area contributed by atoms with Gasteiger partial charge in [-0.15, -0.1) is 0 Å². The van der Waals surface area contributed by atoms with Gasteiger partial charge in [0.25, 0.3) is 0 Å². The summed E-state index contributed by atoms with van der Waals surface area (Å²) in [5.74, 6) is -0.502. The zero-order valence-electron chi connectivity index (χ0n) is 13.3. The van der Waals surface area contributed by atoms with E-state index in [1.165, 1.54) is 7.11 Å². The Morgan fingerprint density at radius 2 is 1.91 bits per heavy atom. The van der Waals surface area contributed by atoms with Crippen molar-refractivity contribution >= 4 is 17.8 Å². The zero-order valence-corrected chi connectivity index (χ0v) is 13.3. The minimum Gasteiger partial charge on any atom is -0.465 e. The summed E-state index contributed by atoms with van der Waals surface area (Å²) in [6.45, 7) is 1.13. The highest BCUT2D eigenvalue weighted by atomic mass is 16.5. The van der Waals surface area contributed by atoms with Crippen molar-refractivity contribution in [2.75, 3.05) is 20.2 Å². The SMILES string of the molecule is COC(=O)c1ccc(CNC(=O)CN2CCCCCC2=O)cc1. The summed E-state index contributed by atoms with van der Waals surface area (Å²) in [4.78, 5) is 36.8. The van der Waals surface area contributed by atoms with Crippen LogP contribution in [-0.4, -0.2) is 42.9 Å². The van der Waals surface area contributed by atoms with E-state index in [0.717, 1.165) is 24.8 Å². The van der Waals surface area contributed by atoms with Gasteiger partial charge in [0.2, 0.25) is 11.8 Å². The maximum absolute atomic E-state index is 12.0. The first-order chi connectivity index (χ1) is 11.1. The Balaban J connectivity index is 1.81. The standard InChI is InChI=1S/C17H22N2O4/c1-23-17(22)14-8-6-13(7-9-14)11-18-15(20)12-19-10-4-2-3-5-16(19)21/h6-9H,2-5,10-12H2,1H3,(H,18,20). The van der Waals surface area contributed by atoms with Gasteiger partial charge >= 0.3 is 5.97 Å². The number of methoxy groups -OCH3 is 1. The quantitative estimate of drug-likeness (QED) is 0.835. The lowest BCUT2D eigenvalue weighted by Crippen LogP contribution is -2.40. The number of nitrogens with zero attached hydrogens (tertiary/aromatic N) is 1. The molecule has 1 aromatic rings. The molecule has 2 rings (SSSR count). The summed E-state index contributed by atoms with van der Waals surface area (Å²) in [6.07, 6.45) is 3.43.